The third-order valence-electron chi connectivity index (χ3n) is 5.21. The molecule has 0 aliphatic heterocycles. The number of Topliss-reactive ketones (excluding diaryl/α,β-unsaturated/α-hetero) is 2. The standard InChI is InChI=1S/C28H34O3/c1-2-3-4-5-6-7-8-9-10-11-12-13-14-15-16-17-22-25-26(29)23-20-18-19-21-24(23)27(30)28(25)31/h6-7,9-10,12-13,15-16,18-21,29H,2-5,8,11,14,17,22H2,1H3/b7-6-,10-9-,13-12-,16-15-. The zero-order valence-corrected chi connectivity index (χ0v) is 18.6. The molecule has 31 heavy (non-hydrogen) atoms. The largest absolute Gasteiger partial charge is 0.507 e. The lowest BCUT2D eigenvalue weighted by molar-refractivity contribution is -0.112. The second kappa shape index (κ2) is 14.1. The monoisotopic (exact) mass is 418 g/mol. The van der Waals surface area contributed by atoms with Crippen molar-refractivity contribution >= 4 is 17.3 Å². The smallest absolute Gasteiger partial charge is 0.234 e. The van der Waals surface area contributed by atoms with Gasteiger partial charge in [0.1, 0.15) is 5.76 Å². The highest BCUT2D eigenvalue weighted by molar-refractivity contribution is 6.52. The summed E-state index contributed by atoms with van der Waals surface area (Å²) in [5.41, 5.74) is 0.953. The Morgan fingerprint density at radius 1 is 0.710 bits per heavy atom. The van der Waals surface area contributed by atoms with Crippen LogP contribution in [0.25, 0.3) is 5.76 Å². The maximum atomic E-state index is 12.3. The second-order valence-electron chi connectivity index (χ2n) is 7.66. The average Bonchev–Trinajstić information content (AvgIpc) is 2.79. The van der Waals surface area contributed by atoms with Gasteiger partial charge in [-0.05, 0) is 44.9 Å². The van der Waals surface area contributed by atoms with Crippen LogP contribution < -0.4 is 0 Å². The van der Waals surface area contributed by atoms with Gasteiger partial charge in [-0.2, -0.15) is 0 Å². The summed E-state index contributed by atoms with van der Waals surface area (Å²) in [5.74, 6) is -1.18. The molecular formula is C28H34O3. The van der Waals surface area contributed by atoms with Gasteiger partial charge in [-0.1, -0.05) is 92.6 Å². The van der Waals surface area contributed by atoms with E-state index >= 15 is 0 Å². The number of hydrogen-bond donors (Lipinski definition) is 1. The minimum atomic E-state index is -0.591. The minimum absolute atomic E-state index is 0.0592. The second-order valence-corrected chi connectivity index (χ2v) is 7.66. The Morgan fingerprint density at radius 3 is 1.87 bits per heavy atom. The molecule has 0 saturated carbocycles. The van der Waals surface area contributed by atoms with Gasteiger partial charge in [-0.25, -0.2) is 0 Å². The van der Waals surface area contributed by atoms with Gasteiger partial charge < -0.3 is 5.11 Å². The molecule has 0 radical (unpaired) electrons. The number of hydrogen-bond acceptors (Lipinski definition) is 3. The first-order valence-electron chi connectivity index (χ1n) is 11.4. The van der Waals surface area contributed by atoms with Crippen LogP contribution in [-0.4, -0.2) is 16.7 Å². The summed E-state index contributed by atoms with van der Waals surface area (Å²) >= 11 is 0. The van der Waals surface area contributed by atoms with Gasteiger partial charge in [-0.3, -0.25) is 9.59 Å². The topological polar surface area (TPSA) is 54.4 Å². The van der Waals surface area contributed by atoms with Crippen molar-refractivity contribution < 1.29 is 14.7 Å². The number of ketones is 2. The summed E-state index contributed by atoms with van der Waals surface area (Å²) in [6.45, 7) is 2.22. The Kier molecular flexibility index (Phi) is 11.1. The highest BCUT2D eigenvalue weighted by atomic mass is 16.3. The van der Waals surface area contributed by atoms with Crippen LogP contribution in [0.5, 0.6) is 0 Å². The van der Waals surface area contributed by atoms with Crippen molar-refractivity contribution in [3.63, 3.8) is 0 Å². The molecule has 0 fully saturated rings. The van der Waals surface area contributed by atoms with Crippen LogP contribution in [0.2, 0.25) is 0 Å². The Labute approximate surface area is 186 Å². The zero-order chi connectivity index (χ0) is 22.3. The highest BCUT2D eigenvalue weighted by Gasteiger charge is 2.31. The first kappa shape index (κ1) is 24.3. The molecule has 1 aromatic carbocycles. The molecule has 3 nitrogen and oxygen atoms in total. The van der Waals surface area contributed by atoms with Gasteiger partial charge >= 0.3 is 0 Å². The predicted octanol–water partition coefficient (Wildman–Crippen LogP) is 7.48. The maximum Gasteiger partial charge on any atom is 0.234 e. The number of benzene rings is 1. The number of unbranched alkanes of at least 4 members (excludes halogenated alkanes) is 3. The maximum absolute atomic E-state index is 12.3. The van der Waals surface area contributed by atoms with E-state index in [1.807, 2.05) is 12.2 Å². The highest BCUT2D eigenvalue weighted by Crippen LogP contribution is 2.29. The Morgan fingerprint density at radius 2 is 1.26 bits per heavy atom. The van der Waals surface area contributed by atoms with Crippen LogP contribution in [0.4, 0.5) is 0 Å². The van der Waals surface area contributed by atoms with Crippen LogP contribution in [0.15, 0.2) is 78.4 Å². The SMILES string of the molecule is CCCCC/C=C\C/C=C\C/C=C\C/C=C\CCC1=C(O)c2ccccc2C(=O)C1=O. The van der Waals surface area contributed by atoms with E-state index < -0.39 is 11.6 Å². The fourth-order valence-corrected chi connectivity index (χ4v) is 3.44. The van der Waals surface area contributed by atoms with Crippen molar-refractivity contribution in [2.75, 3.05) is 0 Å². The van der Waals surface area contributed by atoms with Crippen LogP contribution in [0, 0.1) is 0 Å². The summed E-state index contributed by atoms with van der Waals surface area (Å²) in [4.78, 5) is 24.5. The lowest BCUT2D eigenvalue weighted by Crippen LogP contribution is -2.23. The van der Waals surface area contributed by atoms with Gasteiger partial charge in [0.05, 0.1) is 0 Å². The third-order valence-corrected chi connectivity index (χ3v) is 5.21. The molecule has 0 aromatic heterocycles. The van der Waals surface area contributed by atoms with E-state index in [1.165, 1.54) is 25.7 Å². The lowest BCUT2D eigenvalue weighted by Gasteiger charge is -2.17. The lowest BCUT2D eigenvalue weighted by atomic mass is 9.86. The molecule has 0 spiro atoms. The zero-order valence-electron chi connectivity index (χ0n) is 18.6. The molecular weight excluding hydrogens is 384 g/mol. The van der Waals surface area contributed by atoms with E-state index in [1.54, 1.807) is 24.3 Å². The van der Waals surface area contributed by atoms with Crippen LogP contribution >= 0.6 is 0 Å². The van der Waals surface area contributed by atoms with Crippen molar-refractivity contribution in [2.45, 2.75) is 64.7 Å². The molecule has 1 aromatic rings. The first-order chi connectivity index (χ1) is 15.2. The molecule has 0 amide bonds. The number of carbonyl (C=O) groups excluding carboxylic acids is 2. The number of allylic oxidation sites excluding steroid dienone is 9. The summed E-state index contributed by atoms with van der Waals surface area (Å²) in [5, 5.41) is 10.4. The fraction of sp³-hybridized carbons (Fsp3) is 0.357. The number of aliphatic hydroxyl groups excluding tert-OH is 1. The summed E-state index contributed by atoms with van der Waals surface area (Å²) in [7, 11) is 0. The number of aliphatic hydroxyl groups is 1. The van der Waals surface area contributed by atoms with Crippen molar-refractivity contribution in [3.8, 4) is 0 Å². The third kappa shape index (κ3) is 8.01. The molecule has 164 valence electrons. The van der Waals surface area contributed by atoms with Crippen LogP contribution in [0.3, 0.4) is 0 Å². The van der Waals surface area contributed by atoms with Crippen molar-refractivity contribution in [1.82, 2.24) is 0 Å². The fourth-order valence-electron chi connectivity index (χ4n) is 3.44. The number of carbonyl (C=O) groups is 2. The van der Waals surface area contributed by atoms with E-state index in [0.717, 1.165) is 19.3 Å². The molecule has 0 bridgehead atoms. The molecule has 0 unspecified atom stereocenters. The molecule has 1 N–H and O–H groups in total. The summed E-state index contributed by atoms with van der Waals surface area (Å²) in [6.07, 6.45) is 25.9. The summed E-state index contributed by atoms with van der Waals surface area (Å²) < 4.78 is 0. The molecule has 0 heterocycles. The molecule has 2 rings (SSSR count). The number of rotatable bonds is 13. The molecule has 1 aliphatic rings. The van der Waals surface area contributed by atoms with Crippen LogP contribution in [-0.2, 0) is 4.79 Å². The van der Waals surface area contributed by atoms with E-state index in [0.29, 0.717) is 18.4 Å². The molecule has 0 saturated heterocycles. The van der Waals surface area contributed by atoms with Crippen molar-refractivity contribution in [2.24, 2.45) is 0 Å². The van der Waals surface area contributed by atoms with Gasteiger partial charge in [0.2, 0.25) is 11.6 Å². The van der Waals surface area contributed by atoms with Gasteiger partial charge in [0, 0.05) is 16.7 Å². The van der Waals surface area contributed by atoms with Crippen molar-refractivity contribution in [1.29, 1.82) is 0 Å². The first-order valence-corrected chi connectivity index (χ1v) is 11.4. The minimum Gasteiger partial charge on any atom is -0.507 e. The van der Waals surface area contributed by atoms with E-state index in [2.05, 4.69) is 43.4 Å². The van der Waals surface area contributed by atoms with Crippen LogP contribution in [0.1, 0.15) is 80.6 Å². The molecule has 0 atom stereocenters. The molecule has 3 heteroatoms. The predicted molar refractivity (Wildman–Crippen MR) is 129 cm³/mol. The Hall–Kier alpha value is -2.94. The van der Waals surface area contributed by atoms with E-state index in [-0.39, 0.29) is 16.9 Å². The van der Waals surface area contributed by atoms with E-state index in [9.17, 15) is 14.7 Å². The van der Waals surface area contributed by atoms with Gasteiger partial charge in [0.25, 0.3) is 0 Å². The Balaban J connectivity index is 1.66. The molecule has 1 aliphatic carbocycles. The Bertz CT molecular complexity index is 881. The van der Waals surface area contributed by atoms with Gasteiger partial charge in [-0.15, -0.1) is 0 Å². The average molecular weight is 419 g/mol. The quantitative estimate of drug-likeness (QED) is 0.205. The number of fused-ring (bicyclic) bond motifs is 1. The van der Waals surface area contributed by atoms with E-state index in [4.69, 9.17) is 0 Å². The summed E-state index contributed by atoms with van der Waals surface area (Å²) in [6, 6.07) is 6.70. The normalized spacial score (nSPS) is 14.7. The van der Waals surface area contributed by atoms with Crippen molar-refractivity contribution in [3.05, 3.63) is 89.6 Å². The van der Waals surface area contributed by atoms with Gasteiger partial charge in [0.15, 0.2) is 0 Å².